The summed E-state index contributed by atoms with van der Waals surface area (Å²) >= 11 is 5.83. The highest BCUT2D eigenvalue weighted by Gasteiger charge is 2.13. The maximum atomic E-state index is 11.8. The van der Waals surface area contributed by atoms with Gasteiger partial charge in [-0.2, -0.15) is 0 Å². The molecule has 94 valence electrons. The van der Waals surface area contributed by atoms with Crippen LogP contribution in [0.2, 0.25) is 5.02 Å². The minimum absolute atomic E-state index is 0.114. The van der Waals surface area contributed by atoms with Gasteiger partial charge in [-0.3, -0.25) is 9.00 Å². The zero-order chi connectivity index (χ0) is 13.0. The minimum Gasteiger partial charge on any atom is -0.384 e. The van der Waals surface area contributed by atoms with Gasteiger partial charge in [0, 0.05) is 35.0 Å². The number of carbonyl (C=O) groups is 1. The molecule has 0 aliphatic heterocycles. The Hall–Kier alpha value is -1.14. The summed E-state index contributed by atoms with van der Waals surface area (Å²) in [5.74, 6) is -0.118. The topological polar surface area (TPSA) is 85.1 Å². The monoisotopic (exact) mass is 275 g/mol. The third-order valence-corrected chi connectivity index (χ3v) is 3.84. The molecule has 0 spiro atoms. The van der Waals surface area contributed by atoms with Crippen LogP contribution in [-0.2, 0) is 10.8 Å². The van der Waals surface area contributed by atoms with Crippen molar-refractivity contribution in [3.05, 3.63) is 22.8 Å². The number of nitrogens with two attached hydrogens (primary N) is 1. The SMILES string of the molecule is CC(CNC(=O)c1cc(N)ncc1Cl)S(C)=O. The van der Waals surface area contributed by atoms with E-state index < -0.39 is 10.8 Å². The zero-order valence-corrected chi connectivity index (χ0v) is 11.1. The van der Waals surface area contributed by atoms with E-state index in [-0.39, 0.29) is 27.6 Å². The van der Waals surface area contributed by atoms with E-state index in [1.807, 2.05) is 0 Å². The highest BCUT2D eigenvalue weighted by molar-refractivity contribution is 7.84. The third-order valence-electron chi connectivity index (χ3n) is 2.24. The molecule has 3 N–H and O–H groups in total. The van der Waals surface area contributed by atoms with Crippen molar-refractivity contribution < 1.29 is 9.00 Å². The van der Waals surface area contributed by atoms with Gasteiger partial charge in [-0.15, -0.1) is 0 Å². The lowest BCUT2D eigenvalue weighted by Gasteiger charge is -2.10. The van der Waals surface area contributed by atoms with Gasteiger partial charge in [0.05, 0.1) is 10.6 Å². The predicted octanol–water partition coefficient (Wildman–Crippen LogP) is 0.814. The lowest BCUT2D eigenvalue weighted by molar-refractivity contribution is 0.0954. The maximum absolute atomic E-state index is 11.8. The van der Waals surface area contributed by atoms with Gasteiger partial charge in [0.2, 0.25) is 0 Å². The van der Waals surface area contributed by atoms with Gasteiger partial charge < -0.3 is 11.1 Å². The van der Waals surface area contributed by atoms with E-state index in [1.54, 1.807) is 13.2 Å². The fourth-order valence-corrected chi connectivity index (χ4v) is 1.59. The van der Waals surface area contributed by atoms with Crippen molar-refractivity contribution in [1.29, 1.82) is 0 Å². The average Bonchev–Trinajstić information content (AvgIpc) is 2.28. The molecule has 1 aromatic heterocycles. The fraction of sp³-hybridized carbons (Fsp3) is 0.400. The van der Waals surface area contributed by atoms with Crippen LogP contribution in [0.5, 0.6) is 0 Å². The first-order chi connectivity index (χ1) is 7.91. The Kier molecular flexibility index (Phi) is 4.89. The number of anilines is 1. The summed E-state index contributed by atoms with van der Waals surface area (Å²) in [4.78, 5) is 15.5. The van der Waals surface area contributed by atoms with E-state index in [9.17, 15) is 9.00 Å². The Balaban J connectivity index is 2.70. The molecule has 7 heteroatoms. The minimum atomic E-state index is -0.978. The normalized spacial score (nSPS) is 14.1. The van der Waals surface area contributed by atoms with Crippen molar-refractivity contribution in [1.82, 2.24) is 10.3 Å². The third kappa shape index (κ3) is 3.98. The zero-order valence-electron chi connectivity index (χ0n) is 9.57. The molecular formula is C10H14ClN3O2S. The van der Waals surface area contributed by atoms with Gasteiger partial charge in [-0.05, 0) is 13.0 Å². The van der Waals surface area contributed by atoms with Gasteiger partial charge in [-0.1, -0.05) is 11.6 Å². The summed E-state index contributed by atoms with van der Waals surface area (Å²) in [6, 6.07) is 1.41. The van der Waals surface area contributed by atoms with Crippen LogP contribution < -0.4 is 11.1 Å². The Labute approximate surface area is 107 Å². The smallest absolute Gasteiger partial charge is 0.253 e. The van der Waals surface area contributed by atoms with Crippen LogP contribution in [0.3, 0.4) is 0 Å². The second-order valence-corrected chi connectivity index (χ2v) is 5.82. The number of aromatic nitrogens is 1. The number of nitrogens with zero attached hydrogens (tertiary/aromatic N) is 1. The van der Waals surface area contributed by atoms with E-state index in [0.717, 1.165) is 0 Å². The second-order valence-electron chi connectivity index (χ2n) is 3.61. The number of nitrogen functional groups attached to an aromatic ring is 1. The Morgan fingerprint density at radius 2 is 2.35 bits per heavy atom. The molecular weight excluding hydrogens is 262 g/mol. The molecule has 5 nitrogen and oxygen atoms in total. The van der Waals surface area contributed by atoms with Crippen molar-refractivity contribution in [2.24, 2.45) is 0 Å². The van der Waals surface area contributed by atoms with Gasteiger partial charge in [0.15, 0.2) is 0 Å². The van der Waals surface area contributed by atoms with Crippen LogP contribution in [0.4, 0.5) is 5.82 Å². The van der Waals surface area contributed by atoms with Crippen LogP contribution >= 0.6 is 11.6 Å². The standard InChI is InChI=1S/C10H14ClN3O2S/c1-6(17(2)16)4-14-10(15)7-3-9(12)13-5-8(7)11/h3,5-6H,4H2,1-2H3,(H2,12,13)(H,14,15). The molecule has 1 rings (SSSR count). The van der Waals surface area contributed by atoms with Gasteiger partial charge in [0.25, 0.3) is 5.91 Å². The molecule has 0 aliphatic carbocycles. The van der Waals surface area contributed by atoms with Crippen molar-refractivity contribution in [2.45, 2.75) is 12.2 Å². The molecule has 1 heterocycles. The summed E-state index contributed by atoms with van der Waals surface area (Å²) < 4.78 is 11.1. The number of pyridine rings is 1. The molecule has 2 unspecified atom stereocenters. The molecule has 0 aliphatic rings. The fourth-order valence-electron chi connectivity index (χ4n) is 1.08. The van der Waals surface area contributed by atoms with E-state index in [1.165, 1.54) is 12.3 Å². The first-order valence-corrected chi connectivity index (χ1v) is 6.93. The number of carbonyl (C=O) groups excluding carboxylic acids is 1. The van der Waals surface area contributed by atoms with Crippen LogP contribution in [0.1, 0.15) is 17.3 Å². The summed E-state index contributed by atoms with van der Waals surface area (Å²) in [7, 11) is -0.978. The lowest BCUT2D eigenvalue weighted by atomic mass is 10.2. The molecule has 1 aromatic rings. The van der Waals surface area contributed by atoms with Crippen LogP contribution in [0.25, 0.3) is 0 Å². The maximum Gasteiger partial charge on any atom is 0.253 e. The average molecular weight is 276 g/mol. The molecule has 0 saturated carbocycles. The van der Waals surface area contributed by atoms with E-state index in [0.29, 0.717) is 6.54 Å². The summed E-state index contributed by atoms with van der Waals surface area (Å²) in [5, 5.41) is 2.77. The lowest BCUT2D eigenvalue weighted by Crippen LogP contribution is -2.32. The summed E-state index contributed by atoms with van der Waals surface area (Å²) in [5.41, 5.74) is 5.74. The van der Waals surface area contributed by atoms with Gasteiger partial charge in [0.1, 0.15) is 5.82 Å². The highest BCUT2D eigenvalue weighted by Crippen LogP contribution is 2.16. The van der Waals surface area contributed by atoms with Gasteiger partial charge >= 0.3 is 0 Å². The Bertz CT molecular complexity index is 453. The molecule has 0 aromatic carbocycles. The van der Waals surface area contributed by atoms with E-state index in [4.69, 9.17) is 17.3 Å². The molecule has 0 saturated heterocycles. The van der Waals surface area contributed by atoms with E-state index in [2.05, 4.69) is 10.3 Å². The summed E-state index contributed by atoms with van der Waals surface area (Å²) in [6.07, 6.45) is 2.92. The van der Waals surface area contributed by atoms with Crippen molar-refractivity contribution in [3.63, 3.8) is 0 Å². The first kappa shape index (κ1) is 13.9. The molecule has 17 heavy (non-hydrogen) atoms. The molecule has 0 bridgehead atoms. The number of halogens is 1. The second kappa shape index (κ2) is 5.97. The predicted molar refractivity (Wildman–Crippen MR) is 69.5 cm³/mol. The van der Waals surface area contributed by atoms with Crippen LogP contribution in [-0.4, -0.2) is 33.2 Å². The van der Waals surface area contributed by atoms with Gasteiger partial charge in [-0.25, -0.2) is 4.98 Å². The molecule has 0 fully saturated rings. The molecule has 1 amide bonds. The van der Waals surface area contributed by atoms with E-state index >= 15 is 0 Å². The molecule has 2 atom stereocenters. The number of nitrogens with one attached hydrogen (secondary N) is 1. The van der Waals surface area contributed by atoms with Crippen molar-refractivity contribution in [3.8, 4) is 0 Å². The number of hydrogen-bond donors (Lipinski definition) is 2. The van der Waals surface area contributed by atoms with Crippen molar-refractivity contribution >= 4 is 34.1 Å². The Morgan fingerprint density at radius 1 is 1.71 bits per heavy atom. The van der Waals surface area contributed by atoms with Crippen molar-refractivity contribution in [2.75, 3.05) is 18.5 Å². The number of amides is 1. The largest absolute Gasteiger partial charge is 0.384 e. The number of rotatable bonds is 4. The number of hydrogen-bond acceptors (Lipinski definition) is 4. The molecule has 0 radical (unpaired) electrons. The first-order valence-electron chi connectivity index (χ1n) is 4.93. The van der Waals surface area contributed by atoms with Crippen LogP contribution in [0.15, 0.2) is 12.3 Å². The van der Waals surface area contributed by atoms with Crippen LogP contribution in [0, 0.1) is 0 Å². The quantitative estimate of drug-likeness (QED) is 0.852. The highest BCUT2D eigenvalue weighted by atomic mass is 35.5. The summed E-state index contributed by atoms with van der Waals surface area (Å²) in [6.45, 7) is 2.11. The Morgan fingerprint density at radius 3 is 2.94 bits per heavy atom.